The Morgan fingerprint density at radius 3 is 2.39 bits per heavy atom. The number of rotatable bonds is 8. The predicted molar refractivity (Wildman–Crippen MR) is 138 cm³/mol. The zero-order chi connectivity index (χ0) is 26.8. The maximum Gasteiger partial charge on any atom is 0.371 e. The van der Waals surface area contributed by atoms with E-state index >= 15 is 0 Å². The number of anilines is 1. The molecule has 4 N–H and O–H groups in total. The molecule has 38 heavy (non-hydrogen) atoms. The second-order valence-corrected chi connectivity index (χ2v) is 8.78. The topological polar surface area (TPSA) is 163 Å². The number of hydrogen-bond acceptors (Lipinski definition) is 6. The minimum absolute atomic E-state index is 0.109. The number of carboxylic acids is 1. The number of imidazole rings is 1. The Balaban J connectivity index is 1.59. The van der Waals surface area contributed by atoms with Gasteiger partial charge in [-0.3, -0.25) is 19.1 Å². The van der Waals surface area contributed by atoms with Crippen LogP contribution in [0.25, 0.3) is 11.2 Å². The van der Waals surface area contributed by atoms with E-state index in [4.69, 9.17) is 4.42 Å². The molecule has 11 heteroatoms. The van der Waals surface area contributed by atoms with E-state index in [9.17, 15) is 24.3 Å². The maximum atomic E-state index is 13.2. The van der Waals surface area contributed by atoms with Gasteiger partial charge in [-0.2, -0.15) is 0 Å². The molecule has 0 fully saturated rings. The Bertz CT molecular complexity index is 1740. The van der Waals surface area contributed by atoms with Crippen LogP contribution in [-0.4, -0.2) is 36.5 Å². The number of nitrogens with one attached hydrogen (secondary N) is 3. The van der Waals surface area contributed by atoms with E-state index in [1.54, 1.807) is 12.1 Å². The highest BCUT2D eigenvalue weighted by Gasteiger charge is 2.26. The Morgan fingerprint density at radius 2 is 1.74 bits per heavy atom. The number of H-pyrrole nitrogens is 2. The lowest BCUT2D eigenvalue weighted by Crippen LogP contribution is -2.34. The first kappa shape index (κ1) is 24.5. The van der Waals surface area contributed by atoms with Crippen molar-refractivity contribution in [2.75, 3.05) is 5.32 Å². The van der Waals surface area contributed by atoms with Gasteiger partial charge in [-0.25, -0.2) is 14.6 Å². The molecule has 2 aromatic carbocycles. The van der Waals surface area contributed by atoms with E-state index in [1.165, 1.54) is 23.6 Å². The maximum absolute atomic E-state index is 13.2. The van der Waals surface area contributed by atoms with Crippen molar-refractivity contribution in [3.05, 3.63) is 116 Å². The van der Waals surface area contributed by atoms with Crippen molar-refractivity contribution in [1.82, 2.24) is 19.5 Å². The molecule has 5 rings (SSSR count). The number of fused-ring (bicyclic) bond motifs is 1. The van der Waals surface area contributed by atoms with Gasteiger partial charge in [0, 0.05) is 25.5 Å². The zero-order valence-corrected chi connectivity index (χ0v) is 20.2. The summed E-state index contributed by atoms with van der Waals surface area (Å²) in [7, 11) is 0. The van der Waals surface area contributed by atoms with Crippen LogP contribution in [0.2, 0.25) is 0 Å². The number of carbonyl (C=O) groups is 2. The summed E-state index contributed by atoms with van der Waals surface area (Å²) in [6.07, 6.45) is 0.608. The molecular weight excluding hydrogens is 490 g/mol. The highest BCUT2D eigenvalue weighted by Crippen LogP contribution is 2.26. The van der Waals surface area contributed by atoms with Gasteiger partial charge in [-0.1, -0.05) is 42.5 Å². The van der Waals surface area contributed by atoms with Crippen LogP contribution in [0.4, 0.5) is 5.69 Å². The Morgan fingerprint density at radius 1 is 1.00 bits per heavy atom. The van der Waals surface area contributed by atoms with E-state index in [-0.39, 0.29) is 35.0 Å². The molecule has 0 aliphatic carbocycles. The molecule has 0 aliphatic rings. The van der Waals surface area contributed by atoms with Crippen molar-refractivity contribution < 1.29 is 19.1 Å². The predicted octanol–water partition coefficient (Wildman–Crippen LogP) is 3.09. The summed E-state index contributed by atoms with van der Waals surface area (Å²) in [5, 5.41) is 12.1. The number of aromatic nitrogens is 4. The summed E-state index contributed by atoms with van der Waals surface area (Å²) in [6.45, 7) is 1.43. The largest absolute Gasteiger partial charge is 0.475 e. The first-order valence-corrected chi connectivity index (χ1v) is 11.8. The number of aromatic amines is 2. The molecule has 3 aromatic heterocycles. The molecule has 0 aliphatic heterocycles. The SMILES string of the molecule is CC(=O)Nc1ccc(Cc2nc3c([nH]2)c(=O)[nH]c(=O)n3C(Cc2ccccc2)c2ccc(C(=O)O)o2)cc1. The van der Waals surface area contributed by atoms with Gasteiger partial charge in [-0.15, -0.1) is 0 Å². The van der Waals surface area contributed by atoms with E-state index in [0.29, 0.717) is 17.9 Å². The standard InChI is InChI=1S/C27H23N5O6/c1-15(33)28-18-9-7-17(8-10-18)14-22-29-23-24(30-22)32(27(37)31-25(23)34)19(13-16-5-3-2-4-6-16)20-11-12-21(38-20)26(35)36/h2-12,19H,13-14H2,1H3,(H,28,33)(H,29,30)(H,35,36)(H,31,34,37). The Labute approximate surface area is 214 Å². The van der Waals surface area contributed by atoms with Crippen molar-refractivity contribution in [3.63, 3.8) is 0 Å². The molecule has 3 heterocycles. The monoisotopic (exact) mass is 513 g/mol. The second kappa shape index (κ2) is 10.1. The number of nitrogens with zero attached hydrogens (tertiary/aromatic N) is 2. The van der Waals surface area contributed by atoms with Crippen LogP contribution in [0.15, 0.2) is 80.7 Å². The number of amides is 1. The number of carboxylic acid groups (broad SMARTS) is 1. The molecule has 5 aromatic rings. The fraction of sp³-hybridized carbons (Fsp3) is 0.148. The fourth-order valence-corrected chi connectivity index (χ4v) is 4.34. The summed E-state index contributed by atoms with van der Waals surface area (Å²) in [5.74, 6) is -0.997. The summed E-state index contributed by atoms with van der Waals surface area (Å²) >= 11 is 0. The highest BCUT2D eigenvalue weighted by atomic mass is 16.4. The molecule has 0 radical (unpaired) electrons. The number of benzene rings is 2. The van der Waals surface area contributed by atoms with Crippen LogP contribution in [0, 0.1) is 0 Å². The average molecular weight is 514 g/mol. The van der Waals surface area contributed by atoms with Crippen LogP contribution < -0.4 is 16.6 Å². The number of carbonyl (C=O) groups excluding carboxylic acids is 1. The highest BCUT2D eigenvalue weighted by molar-refractivity contribution is 5.88. The molecule has 0 bridgehead atoms. The van der Waals surface area contributed by atoms with Gasteiger partial charge in [0.1, 0.15) is 23.1 Å². The first-order chi connectivity index (χ1) is 18.3. The number of furan rings is 1. The lowest BCUT2D eigenvalue weighted by molar-refractivity contribution is -0.114. The van der Waals surface area contributed by atoms with Crippen molar-refractivity contribution in [2.45, 2.75) is 25.8 Å². The summed E-state index contributed by atoms with van der Waals surface area (Å²) in [5.41, 5.74) is 1.29. The van der Waals surface area contributed by atoms with Gasteiger partial charge in [-0.05, 0) is 35.4 Å². The molecular formula is C27H23N5O6. The van der Waals surface area contributed by atoms with Crippen molar-refractivity contribution in [3.8, 4) is 0 Å². The third kappa shape index (κ3) is 5.03. The molecule has 0 saturated heterocycles. The minimum Gasteiger partial charge on any atom is -0.475 e. The van der Waals surface area contributed by atoms with Gasteiger partial charge in [0.25, 0.3) is 5.56 Å². The van der Waals surface area contributed by atoms with Crippen LogP contribution in [-0.2, 0) is 17.6 Å². The molecule has 192 valence electrons. The fourth-order valence-electron chi connectivity index (χ4n) is 4.34. The summed E-state index contributed by atoms with van der Waals surface area (Å²) in [4.78, 5) is 58.5. The smallest absolute Gasteiger partial charge is 0.371 e. The van der Waals surface area contributed by atoms with Crippen LogP contribution >= 0.6 is 0 Å². The van der Waals surface area contributed by atoms with E-state index < -0.39 is 23.3 Å². The molecule has 11 nitrogen and oxygen atoms in total. The third-order valence-corrected chi connectivity index (χ3v) is 6.02. The third-order valence-electron chi connectivity index (χ3n) is 6.02. The van der Waals surface area contributed by atoms with Gasteiger partial charge in [0.2, 0.25) is 11.7 Å². The van der Waals surface area contributed by atoms with Crippen molar-refractivity contribution >= 4 is 28.7 Å². The van der Waals surface area contributed by atoms with Crippen molar-refractivity contribution in [1.29, 1.82) is 0 Å². The lowest BCUT2D eigenvalue weighted by Gasteiger charge is -2.18. The van der Waals surface area contributed by atoms with Crippen molar-refractivity contribution in [2.24, 2.45) is 0 Å². The van der Waals surface area contributed by atoms with Crippen LogP contribution in [0.3, 0.4) is 0 Å². The molecule has 0 saturated carbocycles. The van der Waals surface area contributed by atoms with Crippen LogP contribution in [0.1, 0.15) is 46.2 Å². The van der Waals surface area contributed by atoms with E-state index in [1.807, 2.05) is 42.5 Å². The first-order valence-electron chi connectivity index (χ1n) is 11.8. The normalized spacial score (nSPS) is 11.9. The van der Waals surface area contributed by atoms with Gasteiger partial charge >= 0.3 is 11.7 Å². The summed E-state index contributed by atoms with van der Waals surface area (Å²) < 4.78 is 6.90. The summed E-state index contributed by atoms with van der Waals surface area (Å²) in [6, 6.07) is 18.5. The van der Waals surface area contributed by atoms with E-state index in [2.05, 4.69) is 20.3 Å². The van der Waals surface area contributed by atoms with Crippen LogP contribution in [0.5, 0.6) is 0 Å². The quantitative estimate of drug-likeness (QED) is 0.248. The number of aromatic carboxylic acids is 1. The Hall–Kier alpha value is -5.19. The molecule has 0 spiro atoms. The second-order valence-electron chi connectivity index (χ2n) is 8.78. The average Bonchev–Trinajstić information content (AvgIpc) is 3.53. The molecule has 1 unspecified atom stereocenters. The minimum atomic E-state index is -1.24. The Kier molecular flexibility index (Phi) is 6.48. The van der Waals surface area contributed by atoms with Gasteiger partial charge in [0.05, 0.1) is 0 Å². The van der Waals surface area contributed by atoms with Gasteiger partial charge < -0.3 is 19.8 Å². The number of hydrogen-bond donors (Lipinski definition) is 4. The molecule has 1 atom stereocenters. The molecule has 1 amide bonds. The van der Waals surface area contributed by atoms with Gasteiger partial charge in [0.15, 0.2) is 5.65 Å². The lowest BCUT2D eigenvalue weighted by atomic mass is 10.0. The zero-order valence-electron chi connectivity index (χ0n) is 20.2. The van der Waals surface area contributed by atoms with E-state index in [0.717, 1.165) is 11.1 Å².